The number of pyridine rings is 1. The van der Waals surface area contributed by atoms with Crippen molar-refractivity contribution < 1.29 is 14.3 Å². The zero-order valence-electron chi connectivity index (χ0n) is 13.6. The first-order valence-corrected chi connectivity index (χ1v) is 8.44. The molecular weight excluding hydrogens is 300 g/mol. The number of oxazole rings is 1. The van der Waals surface area contributed by atoms with Crippen LogP contribution in [-0.4, -0.2) is 31.2 Å². The highest BCUT2D eigenvalue weighted by Crippen LogP contribution is 2.19. The van der Waals surface area contributed by atoms with Crippen LogP contribution in [0, 0.1) is 0 Å². The smallest absolute Gasteiger partial charge is 0.274 e. The Kier molecular flexibility index (Phi) is 4.25. The third-order valence-electron chi connectivity index (χ3n) is 4.52. The van der Waals surface area contributed by atoms with Crippen LogP contribution in [0.5, 0.6) is 0 Å². The Bertz CT molecular complexity index is 764. The predicted molar refractivity (Wildman–Crippen MR) is 91.6 cm³/mol. The van der Waals surface area contributed by atoms with E-state index in [9.17, 15) is 0 Å². The van der Waals surface area contributed by atoms with Crippen LogP contribution >= 0.6 is 0 Å². The molecule has 3 aromatic rings. The van der Waals surface area contributed by atoms with Crippen LogP contribution in [0.4, 0.5) is 5.82 Å². The number of hydrogen-bond donors (Lipinski definition) is 1. The van der Waals surface area contributed by atoms with Crippen LogP contribution in [-0.2, 0) is 6.54 Å². The minimum Gasteiger partial charge on any atom is -0.435 e. The molecule has 0 radical (unpaired) electrons. The lowest BCUT2D eigenvalue weighted by atomic mass is 10.2. The first kappa shape index (κ1) is 14.9. The molecule has 5 heteroatoms. The van der Waals surface area contributed by atoms with E-state index in [4.69, 9.17) is 4.42 Å². The highest BCUT2D eigenvalue weighted by Gasteiger charge is 2.26. The summed E-state index contributed by atoms with van der Waals surface area (Å²) in [7, 11) is 0. The van der Waals surface area contributed by atoms with E-state index < -0.39 is 0 Å². The number of nitrogens with zero attached hydrogens (tertiary/aromatic N) is 2. The van der Waals surface area contributed by atoms with Gasteiger partial charge in [0.1, 0.15) is 26.2 Å². The highest BCUT2D eigenvalue weighted by atomic mass is 16.4. The fraction of sp³-hybridized carbons (Fsp3) is 0.263. The Labute approximate surface area is 141 Å². The summed E-state index contributed by atoms with van der Waals surface area (Å²) in [6, 6.07) is 16.4. The average molecular weight is 322 g/mol. The molecule has 2 N–H and O–H groups in total. The molecule has 1 aromatic carbocycles. The van der Waals surface area contributed by atoms with Gasteiger partial charge in [-0.3, -0.25) is 4.90 Å². The van der Waals surface area contributed by atoms with Gasteiger partial charge in [-0.15, -0.1) is 0 Å². The van der Waals surface area contributed by atoms with Gasteiger partial charge in [0, 0.05) is 11.6 Å². The van der Waals surface area contributed by atoms with Crippen molar-refractivity contribution in [1.82, 2.24) is 4.98 Å². The quantitative estimate of drug-likeness (QED) is 0.781. The van der Waals surface area contributed by atoms with Crippen LogP contribution in [0.2, 0.25) is 0 Å². The molecule has 0 unspecified atom stereocenters. The van der Waals surface area contributed by atoms with Crippen LogP contribution in [0.15, 0.2) is 65.3 Å². The van der Waals surface area contributed by atoms with Crippen LogP contribution < -0.4 is 14.8 Å². The second-order valence-electron chi connectivity index (χ2n) is 6.15. The third-order valence-corrected chi connectivity index (χ3v) is 4.52. The lowest BCUT2D eigenvalue weighted by Crippen LogP contribution is -3.13. The summed E-state index contributed by atoms with van der Waals surface area (Å²) in [6.07, 6.45) is 3.81. The van der Waals surface area contributed by atoms with Crippen LogP contribution in [0.25, 0.3) is 11.3 Å². The van der Waals surface area contributed by atoms with Crippen molar-refractivity contribution in [1.29, 1.82) is 0 Å². The van der Waals surface area contributed by atoms with Crippen molar-refractivity contribution >= 4 is 5.82 Å². The number of anilines is 1. The van der Waals surface area contributed by atoms with Gasteiger partial charge in [0.2, 0.25) is 0 Å². The molecule has 2 aromatic heterocycles. The highest BCUT2D eigenvalue weighted by molar-refractivity contribution is 5.55. The van der Waals surface area contributed by atoms with E-state index >= 15 is 0 Å². The van der Waals surface area contributed by atoms with Gasteiger partial charge in [-0.1, -0.05) is 36.4 Å². The van der Waals surface area contributed by atoms with Gasteiger partial charge in [0.15, 0.2) is 12.3 Å². The molecule has 0 aliphatic carbocycles. The van der Waals surface area contributed by atoms with Crippen molar-refractivity contribution in [3.8, 4) is 11.3 Å². The number of nitrogens with one attached hydrogen (secondary N) is 2. The first-order chi connectivity index (χ1) is 11.9. The fourth-order valence-electron chi connectivity index (χ4n) is 3.16. The van der Waals surface area contributed by atoms with Gasteiger partial charge in [-0.25, -0.2) is 9.97 Å². The number of piperazine rings is 1. The molecular formula is C19H22N4O+2. The summed E-state index contributed by atoms with van der Waals surface area (Å²) < 4.78 is 5.93. The van der Waals surface area contributed by atoms with Crippen molar-refractivity contribution in [3.05, 3.63) is 66.8 Å². The maximum Gasteiger partial charge on any atom is 0.274 e. The second-order valence-corrected chi connectivity index (χ2v) is 6.15. The molecule has 3 heterocycles. The van der Waals surface area contributed by atoms with Crippen LogP contribution in [0.3, 0.4) is 0 Å². The van der Waals surface area contributed by atoms with Crippen molar-refractivity contribution in [3.63, 3.8) is 0 Å². The van der Waals surface area contributed by atoms with Crippen molar-refractivity contribution in [2.75, 3.05) is 31.1 Å². The predicted octanol–water partition coefficient (Wildman–Crippen LogP) is 1.06. The van der Waals surface area contributed by atoms with Gasteiger partial charge in [0.05, 0.1) is 12.4 Å². The number of benzene rings is 1. The number of H-pyrrole nitrogens is 1. The molecule has 0 bridgehead atoms. The van der Waals surface area contributed by atoms with Gasteiger partial charge in [-0.2, -0.15) is 0 Å². The lowest BCUT2D eigenvalue weighted by Gasteiger charge is -2.27. The first-order valence-electron chi connectivity index (χ1n) is 8.44. The largest absolute Gasteiger partial charge is 0.435 e. The zero-order chi connectivity index (χ0) is 16.2. The maximum absolute atomic E-state index is 5.93. The van der Waals surface area contributed by atoms with E-state index in [1.54, 1.807) is 0 Å². The summed E-state index contributed by atoms with van der Waals surface area (Å²) in [5.41, 5.74) is 1.08. The number of aromatic nitrogens is 2. The molecule has 1 fully saturated rings. The molecule has 4 rings (SSSR count). The molecule has 0 amide bonds. The SMILES string of the molecule is c1ccc(-c2cnc(C[NH+]3CCN(c4cccc[nH+]4)CC3)o2)cc1. The summed E-state index contributed by atoms with van der Waals surface area (Å²) >= 11 is 0. The van der Waals surface area contributed by atoms with Gasteiger partial charge in [-0.05, 0) is 6.07 Å². The van der Waals surface area contributed by atoms with E-state index in [0.717, 1.165) is 49.9 Å². The molecule has 24 heavy (non-hydrogen) atoms. The Balaban J connectivity index is 1.35. The number of quaternary nitrogens is 1. The molecule has 0 spiro atoms. The molecule has 1 aliphatic rings. The fourth-order valence-corrected chi connectivity index (χ4v) is 3.16. The van der Waals surface area contributed by atoms with Crippen LogP contribution in [0.1, 0.15) is 5.89 Å². The van der Waals surface area contributed by atoms with Gasteiger partial charge >= 0.3 is 0 Å². The second kappa shape index (κ2) is 6.84. The number of aromatic amines is 1. The van der Waals surface area contributed by atoms with Crippen molar-refractivity contribution in [2.24, 2.45) is 0 Å². The summed E-state index contributed by atoms with van der Waals surface area (Å²) in [6.45, 7) is 5.11. The summed E-state index contributed by atoms with van der Waals surface area (Å²) in [5, 5.41) is 0. The van der Waals surface area contributed by atoms with E-state index in [-0.39, 0.29) is 0 Å². The summed E-state index contributed by atoms with van der Waals surface area (Å²) in [5.74, 6) is 2.87. The standard InChI is InChI=1S/C19H20N4O/c1-2-6-16(7-3-1)17-14-21-19(24-17)15-22-10-12-23(13-11-22)18-8-4-5-9-20-18/h1-9,14H,10-13,15H2/p+2. The normalized spacial score (nSPS) is 15.6. The average Bonchev–Trinajstić information content (AvgIpc) is 3.12. The molecule has 122 valence electrons. The van der Waals surface area contributed by atoms with Gasteiger partial charge < -0.3 is 9.32 Å². The summed E-state index contributed by atoms with van der Waals surface area (Å²) in [4.78, 5) is 11.7. The monoisotopic (exact) mass is 322 g/mol. The molecule has 0 atom stereocenters. The Morgan fingerprint density at radius 2 is 1.83 bits per heavy atom. The Morgan fingerprint density at radius 1 is 1.04 bits per heavy atom. The minimum absolute atomic E-state index is 0.823. The van der Waals surface area contributed by atoms with Gasteiger partial charge in [0.25, 0.3) is 11.7 Å². The van der Waals surface area contributed by atoms with E-state index in [1.807, 2.05) is 48.8 Å². The Hall–Kier alpha value is -2.66. The molecule has 1 aliphatic heterocycles. The number of rotatable bonds is 4. The molecule has 1 saturated heterocycles. The Morgan fingerprint density at radius 3 is 2.58 bits per heavy atom. The van der Waals surface area contributed by atoms with E-state index in [2.05, 4.69) is 27.0 Å². The van der Waals surface area contributed by atoms with E-state index in [0.29, 0.717) is 0 Å². The number of hydrogen-bond acceptors (Lipinski definition) is 3. The molecule has 0 saturated carbocycles. The van der Waals surface area contributed by atoms with Crippen molar-refractivity contribution in [2.45, 2.75) is 6.54 Å². The maximum atomic E-state index is 5.93. The minimum atomic E-state index is 0.823. The van der Waals surface area contributed by atoms with E-state index in [1.165, 1.54) is 10.7 Å². The third kappa shape index (κ3) is 3.31. The topological polar surface area (TPSA) is 47.9 Å². The molecule has 5 nitrogen and oxygen atoms in total. The zero-order valence-corrected chi connectivity index (χ0v) is 13.6. The lowest BCUT2D eigenvalue weighted by molar-refractivity contribution is -0.915.